The van der Waals surface area contributed by atoms with Crippen LogP contribution in [-0.4, -0.2) is 56.4 Å². The van der Waals surface area contributed by atoms with Crippen LogP contribution in [0.4, 0.5) is 5.69 Å². The first-order chi connectivity index (χ1) is 9.00. The van der Waals surface area contributed by atoms with E-state index >= 15 is 0 Å². The van der Waals surface area contributed by atoms with Gasteiger partial charge in [-0.05, 0) is 44.8 Å². The highest BCUT2D eigenvalue weighted by Crippen LogP contribution is 2.14. The van der Waals surface area contributed by atoms with Crippen molar-refractivity contribution in [3.8, 4) is 0 Å². The summed E-state index contributed by atoms with van der Waals surface area (Å²) in [5, 5.41) is 12.1. The highest BCUT2D eigenvalue weighted by atomic mass is 16.5. The minimum Gasteiger partial charge on any atom is -0.478 e. The molecular weight excluding hydrogens is 244 g/mol. The van der Waals surface area contributed by atoms with E-state index in [9.17, 15) is 4.79 Å². The Labute approximate surface area is 114 Å². The van der Waals surface area contributed by atoms with Crippen LogP contribution in [0, 0.1) is 6.92 Å². The Bertz CT molecular complexity index is 419. The molecule has 0 heterocycles. The Morgan fingerprint density at radius 3 is 2.68 bits per heavy atom. The van der Waals surface area contributed by atoms with Gasteiger partial charge in [0.05, 0.1) is 18.8 Å². The van der Waals surface area contributed by atoms with Crippen LogP contribution in [0.5, 0.6) is 0 Å². The molecule has 106 valence electrons. The molecule has 5 nitrogen and oxygen atoms in total. The number of carboxylic acid groups (broad SMARTS) is 1. The lowest BCUT2D eigenvalue weighted by molar-refractivity contribution is 0.0696. The molecule has 0 aliphatic carbocycles. The molecule has 0 saturated carbocycles. The van der Waals surface area contributed by atoms with Crippen LogP contribution >= 0.6 is 0 Å². The van der Waals surface area contributed by atoms with Crippen molar-refractivity contribution in [2.24, 2.45) is 0 Å². The molecule has 0 amide bonds. The van der Waals surface area contributed by atoms with Gasteiger partial charge in [-0.1, -0.05) is 0 Å². The van der Waals surface area contributed by atoms with Crippen LogP contribution < -0.4 is 5.32 Å². The molecule has 19 heavy (non-hydrogen) atoms. The minimum absolute atomic E-state index is 0.341. The van der Waals surface area contributed by atoms with E-state index in [-0.39, 0.29) is 0 Å². The number of ether oxygens (including phenoxy) is 1. The van der Waals surface area contributed by atoms with Crippen molar-refractivity contribution in [1.82, 2.24) is 4.90 Å². The van der Waals surface area contributed by atoms with Crippen molar-refractivity contribution in [2.75, 3.05) is 45.7 Å². The predicted molar refractivity (Wildman–Crippen MR) is 76.0 cm³/mol. The largest absolute Gasteiger partial charge is 0.478 e. The normalized spacial score (nSPS) is 10.7. The van der Waals surface area contributed by atoms with Crippen LogP contribution in [-0.2, 0) is 4.74 Å². The van der Waals surface area contributed by atoms with Gasteiger partial charge in [0.15, 0.2) is 0 Å². The van der Waals surface area contributed by atoms with Crippen molar-refractivity contribution < 1.29 is 14.6 Å². The smallest absolute Gasteiger partial charge is 0.335 e. The van der Waals surface area contributed by atoms with E-state index in [0.29, 0.717) is 25.3 Å². The average Bonchev–Trinajstić information content (AvgIpc) is 2.32. The number of carboxylic acids is 1. The Morgan fingerprint density at radius 2 is 2.11 bits per heavy atom. The molecule has 0 aliphatic rings. The third-order valence-corrected chi connectivity index (χ3v) is 2.72. The summed E-state index contributed by atoms with van der Waals surface area (Å²) in [5.74, 6) is -0.893. The van der Waals surface area contributed by atoms with Gasteiger partial charge in [0.2, 0.25) is 0 Å². The zero-order valence-corrected chi connectivity index (χ0v) is 11.8. The zero-order valence-electron chi connectivity index (χ0n) is 11.8. The lowest BCUT2D eigenvalue weighted by Crippen LogP contribution is -2.20. The molecule has 2 N–H and O–H groups in total. The Balaban J connectivity index is 2.30. The van der Waals surface area contributed by atoms with Crippen molar-refractivity contribution >= 4 is 11.7 Å². The van der Waals surface area contributed by atoms with Crippen LogP contribution in [0.1, 0.15) is 15.9 Å². The summed E-state index contributed by atoms with van der Waals surface area (Å²) in [7, 11) is 4.02. The molecule has 0 bridgehead atoms. The van der Waals surface area contributed by atoms with Crippen LogP contribution in [0.3, 0.4) is 0 Å². The SMILES string of the molecule is Cc1cc(NCCOCCN(C)C)ccc1C(=O)O. The molecule has 1 rings (SSSR count). The quantitative estimate of drug-likeness (QED) is 0.701. The fraction of sp³-hybridized carbons (Fsp3) is 0.500. The highest BCUT2D eigenvalue weighted by Gasteiger charge is 2.06. The maximum Gasteiger partial charge on any atom is 0.335 e. The second-order valence-corrected chi connectivity index (χ2v) is 4.68. The van der Waals surface area contributed by atoms with Gasteiger partial charge in [-0.25, -0.2) is 4.79 Å². The van der Waals surface area contributed by atoms with Gasteiger partial charge < -0.3 is 20.1 Å². The number of nitrogens with zero attached hydrogens (tertiary/aromatic N) is 1. The van der Waals surface area contributed by atoms with Gasteiger partial charge in [0.25, 0.3) is 0 Å². The fourth-order valence-corrected chi connectivity index (χ4v) is 1.63. The van der Waals surface area contributed by atoms with Gasteiger partial charge in [-0.15, -0.1) is 0 Å². The van der Waals surface area contributed by atoms with Gasteiger partial charge in [0, 0.05) is 18.8 Å². The standard InChI is InChI=1S/C14H22N2O3/c1-11-10-12(4-5-13(11)14(17)18)15-6-8-19-9-7-16(2)3/h4-5,10,15H,6-9H2,1-3H3,(H,17,18). The first-order valence-electron chi connectivity index (χ1n) is 6.31. The molecule has 1 aromatic carbocycles. The second-order valence-electron chi connectivity index (χ2n) is 4.68. The Morgan fingerprint density at radius 1 is 1.37 bits per heavy atom. The lowest BCUT2D eigenvalue weighted by Gasteiger charge is -2.11. The number of aromatic carboxylic acids is 1. The van der Waals surface area contributed by atoms with Gasteiger partial charge in [0.1, 0.15) is 0 Å². The van der Waals surface area contributed by atoms with Crippen molar-refractivity contribution in [3.63, 3.8) is 0 Å². The number of carbonyl (C=O) groups is 1. The number of hydrogen-bond acceptors (Lipinski definition) is 4. The number of aryl methyl sites for hydroxylation is 1. The Hall–Kier alpha value is -1.59. The van der Waals surface area contributed by atoms with Gasteiger partial charge in [-0.3, -0.25) is 0 Å². The van der Waals surface area contributed by atoms with E-state index in [1.165, 1.54) is 0 Å². The maximum absolute atomic E-state index is 10.9. The lowest BCUT2D eigenvalue weighted by atomic mass is 10.1. The van der Waals surface area contributed by atoms with Crippen LogP contribution in [0.2, 0.25) is 0 Å². The van der Waals surface area contributed by atoms with Crippen LogP contribution in [0.15, 0.2) is 18.2 Å². The fourth-order valence-electron chi connectivity index (χ4n) is 1.63. The number of anilines is 1. The zero-order chi connectivity index (χ0) is 14.3. The maximum atomic E-state index is 10.9. The summed E-state index contributed by atoms with van der Waals surface area (Å²) < 4.78 is 5.46. The second kappa shape index (κ2) is 7.76. The van der Waals surface area contributed by atoms with E-state index in [1.54, 1.807) is 19.1 Å². The average molecular weight is 266 g/mol. The summed E-state index contributed by atoms with van der Waals surface area (Å²) >= 11 is 0. The summed E-state index contributed by atoms with van der Waals surface area (Å²) in [6.07, 6.45) is 0. The predicted octanol–water partition coefficient (Wildman–Crippen LogP) is 1.68. The number of benzene rings is 1. The summed E-state index contributed by atoms with van der Waals surface area (Å²) in [6, 6.07) is 5.23. The van der Waals surface area contributed by atoms with Crippen molar-refractivity contribution in [3.05, 3.63) is 29.3 Å². The number of hydrogen-bond donors (Lipinski definition) is 2. The number of nitrogens with one attached hydrogen (secondary N) is 1. The molecule has 0 unspecified atom stereocenters. The molecule has 0 aliphatic heterocycles. The van der Waals surface area contributed by atoms with E-state index in [4.69, 9.17) is 9.84 Å². The molecular formula is C14H22N2O3. The highest BCUT2D eigenvalue weighted by molar-refractivity contribution is 5.89. The topological polar surface area (TPSA) is 61.8 Å². The summed E-state index contributed by atoms with van der Waals surface area (Å²) in [6.45, 7) is 4.76. The van der Waals surface area contributed by atoms with E-state index in [2.05, 4.69) is 10.2 Å². The Kier molecular flexibility index (Phi) is 6.32. The van der Waals surface area contributed by atoms with Gasteiger partial charge >= 0.3 is 5.97 Å². The first kappa shape index (κ1) is 15.5. The van der Waals surface area contributed by atoms with E-state index in [0.717, 1.165) is 17.8 Å². The third kappa shape index (κ3) is 5.72. The third-order valence-electron chi connectivity index (χ3n) is 2.72. The molecule has 0 radical (unpaired) electrons. The first-order valence-corrected chi connectivity index (χ1v) is 6.31. The molecule has 0 saturated heterocycles. The molecule has 1 aromatic rings. The van der Waals surface area contributed by atoms with Crippen LogP contribution in [0.25, 0.3) is 0 Å². The molecule has 5 heteroatoms. The van der Waals surface area contributed by atoms with Crippen molar-refractivity contribution in [2.45, 2.75) is 6.92 Å². The van der Waals surface area contributed by atoms with Crippen molar-refractivity contribution in [1.29, 1.82) is 0 Å². The monoisotopic (exact) mass is 266 g/mol. The van der Waals surface area contributed by atoms with E-state index < -0.39 is 5.97 Å². The number of likely N-dealkylation sites (N-methyl/N-ethyl adjacent to an activating group) is 1. The summed E-state index contributed by atoms with van der Waals surface area (Å²) in [4.78, 5) is 12.9. The summed E-state index contributed by atoms with van der Waals surface area (Å²) in [5.41, 5.74) is 2.01. The molecule has 0 aromatic heterocycles. The molecule has 0 spiro atoms. The molecule has 0 fully saturated rings. The van der Waals surface area contributed by atoms with E-state index in [1.807, 2.05) is 20.2 Å². The van der Waals surface area contributed by atoms with Gasteiger partial charge in [-0.2, -0.15) is 0 Å². The molecule has 0 atom stereocenters. The number of rotatable bonds is 8. The minimum atomic E-state index is -0.893.